The predicted octanol–water partition coefficient (Wildman–Crippen LogP) is 4.73. The number of nitrogens with two attached hydrogens (primary N) is 1. The van der Waals surface area contributed by atoms with E-state index in [1.54, 1.807) is 5.57 Å². The summed E-state index contributed by atoms with van der Waals surface area (Å²) >= 11 is 0. The van der Waals surface area contributed by atoms with E-state index in [1.807, 2.05) is 11.1 Å². The van der Waals surface area contributed by atoms with Gasteiger partial charge in [0.25, 0.3) is 0 Å². The summed E-state index contributed by atoms with van der Waals surface area (Å²) in [6.07, 6.45) is 14.7. The second-order valence-corrected chi connectivity index (χ2v) is 8.32. The number of allylic oxidation sites excluding steroid dienone is 3. The lowest BCUT2D eigenvalue weighted by molar-refractivity contribution is 0.152. The summed E-state index contributed by atoms with van der Waals surface area (Å²) in [6, 6.07) is 0.326. The number of fused-ring (bicyclic) bond motifs is 4. The van der Waals surface area contributed by atoms with Crippen LogP contribution in [0.4, 0.5) is 0 Å². The summed E-state index contributed by atoms with van der Waals surface area (Å²) in [4.78, 5) is 0. The van der Waals surface area contributed by atoms with Crippen molar-refractivity contribution < 1.29 is 0 Å². The van der Waals surface area contributed by atoms with Gasteiger partial charge in [0.05, 0.1) is 0 Å². The Kier molecular flexibility index (Phi) is 2.77. The minimum Gasteiger partial charge on any atom is -0.324 e. The smallest absolute Gasteiger partial charge is 0.0226 e. The molecule has 0 radical (unpaired) electrons. The summed E-state index contributed by atoms with van der Waals surface area (Å²) < 4.78 is 0. The normalized spacial score (nSPS) is 47.5. The van der Waals surface area contributed by atoms with Gasteiger partial charge in [0.2, 0.25) is 0 Å². The Labute approximate surface area is 123 Å². The molecule has 0 spiro atoms. The van der Waals surface area contributed by atoms with Crippen molar-refractivity contribution in [1.29, 1.82) is 0 Å². The highest BCUT2D eigenvalue weighted by atomic mass is 14.6. The van der Waals surface area contributed by atoms with Gasteiger partial charge in [-0.1, -0.05) is 36.6 Å². The van der Waals surface area contributed by atoms with Crippen molar-refractivity contribution in [3.63, 3.8) is 0 Å². The van der Waals surface area contributed by atoms with E-state index in [-0.39, 0.29) is 0 Å². The molecule has 0 aromatic heterocycles. The van der Waals surface area contributed by atoms with Crippen LogP contribution in [0, 0.1) is 16.7 Å². The molecule has 4 rings (SSSR count). The molecular weight excluding hydrogens is 242 g/mol. The second kappa shape index (κ2) is 4.22. The highest BCUT2D eigenvalue weighted by molar-refractivity contribution is 5.38. The highest BCUT2D eigenvalue weighted by Crippen LogP contribution is 2.62. The molecule has 0 bridgehead atoms. The molecule has 1 unspecified atom stereocenters. The van der Waals surface area contributed by atoms with Gasteiger partial charge in [-0.15, -0.1) is 0 Å². The Morgan fingerprint density at radius 1 is 1.05 bits per heavy atom. The average molecular weight is 271 g/mol. The Balaban J connectivity index is 1.79. The predicted molar refractivity (Wildman–Crippen MR) is 84.3 cm³/mol. The van der Waals surface area contributed by atoms with Crippen molar-refractivity contribution in [2.24, 2.45) is 22.5 Å². The summed E-state index contributed by atoms with van der Waals surface area (Å²) in [5.74, 6) is 0.844. The Hall–Kier alpha value is -0.560. The molecule has 2 N–H and O–H groups in total. The van der Waals surface area contributed by atoms with Gasteiger partial charge in [0.1, 0.15) is 0 Å². The van der Waals surface area contributed by atoms with Gasteiger partial charge in [-0.3, -0.25) is 0 Å². The first kappa shape index (κ1) is 13.1. The van der Waals surface area contributed by atoms with Crippen LogP contribution >= 0.6 is 0 Å². The van der Waals surface area contributed by atoms with Gasteiger partial charge in [-0.25, -0.2) is 0 Å². The van der Waals surface area contributed by atoms with Crippen LogP contribution in [0.2, 0.25) is 0 Å². The first-order valence-electron chi connectivity index (χ1n) is 8.72. The van der Waals surface area contributed by atoms with E-state index in [1.165, 1.54) is 57.8 Å². The minimum absolute atomic E-state index is 0.326. The van der Waals surface area contributed by atoms with Crippen molar-refractivity contribution >= 4 is 0 Å². The van der Waals surface area contributed by atoms with E-state index in [9.17, 15) is 0 Å². The van der Waals surface area contributed by atoms with Gasteiger partial charge in [-0.2, -0.15) is 0 Å². The summed E-state index contributed by atoms with van der Waals surface area (Å²) in [5.41, 5.74) is 12.7. The van der Waals surface area contributed by atoms with E-state index in [2.05, 4.69) is 19.9 Å². The monoisotopic (exact) mass is 271 g/mol. The van der Waals surface area contributed by atoms with Crippen LogP contribution in [0.3, 0.4) is 0 Å². The molecule has 2 saturated carbocycles. The molecule has 0 aromatic rings. The van der Waals surface area contributed by atoms with Gasteiger partial charge in [-0.05, 0) is 74.5 Å². The highest BCUT2D eigenvalue weighted by Gasteiger charge is 2.50. The SMILES string of the molecule is C[C@@]12CCCC1=C1CCC3=CC(N)CC[C@]3(C)[C@H]1CC2. The third-order valence-electron chi connectivity index (χ3n) is 7.26. The van der Waals surface area contributed by atoms with Crippen LogP contribution in [0.1, 0.15) is 71.6 Å². The zero-order valence-electron chi connectivity index (χ0n) is 13.2. The fraction of sp³-hybridized carbons (Fsp3) is 0.789. The van der Waals surface area contributed by atoms with E-state index < -0.39 is 0 Å². The average Bonchev–Trinajstić information content (AvgIpc) is 2.81. The van der Waals surface area contributed by atoms with E-state index in [0.717, 1.165) is 5.92 Å². The van der Waals surface area contributed by atoms with Crippen LogP contribution in [-0.4, -0.2) is 6.04 Å². The lowest BCUT2D eigenvalue weighted by Gasteiger charge is -2.52. The number of hydrogen-bond acceptors (Lipinski definition) is 1. The molecular formula is C19H29N. The lowest BCUT2D eigenvalue weighted by atomic mass is 9.52. The van der Waals surface area contributed by atoms with Crippen LogP contribution in [0.15, 0.2) is 22.8 Å². The Morgan fingerprint density at radius 3 is 2.75 bits per heavy atom. The maximum Gasteiger partial charge on any atom is 0.0226 e. The molecule has 20 heavy (non-hydrogen) atoms. The summed E-state index contributed by atoms with van der Waals surface area (Å²) in [7, 11) is 0. The molecule has 4 atom stereocenters. The molecule has 4 aliphatic rings. The topological polar surface area (TPSA) is 26.0 Å². The Morgan fingerprint density at radius 2 is 1.90 bits per heavy atom. The first-order chi connectivity index (χ1) is 9.53. The lowest BCUT2D eigenvalue weighted by Crippen LogP contribution is -2.43. The molecule has 0 amide bonds. The fourth-order valence-corrected chi connectivity index (χ4v) is 6.00. The van der Waals surface area contributed by atoms with E-state index >= 15 is 0 Å². The largest absolute Gasteiger partial charge is 0.324 e. The fourth-order valence-electron chi connectivity index (χ4n) is 6.00. The maximum atomic E-state index is 6.19. The van der Waals surface area contributed by atoms with Crippen LogP contribution in [-0.2, 0) is 0 Å². The maximum absolute atomic E-state index is 6.19. The molecule has 1 heteroatoms. The molecule has 0 aliphatic heterocycles. The van der Waals surface area contributed by atoms with Crippen molar-refractivity contribution in [2.75, 3.05) is 0 Å². The van der Waals surface area contributed by atoms with E-state index in [0.29, 0.717) is 16.9 Å². The van der Waals surface area contributed by atoms with Gasteiger partial charge in [0.15, 0.2) is 0 Å². The molecule has 110 valence electrons. The van der Waals surface area contributed by atoms with E-state index in [4.69, 9.17) is 5.73 Å². The summed E-state index contributed by atoms with van der Waals surface area (Å²) in [6.45, 7) is 5.09. The third-order valence-corrected chi connectivity index (χ3v) is 7.26. The molecule has 0 saturated heterocycles. The van der Waals surface area contributed by atoms with Crippen LogP contribution in [0.25, 0.3) is 0 Å². The van der Waals surface area contributed by atoms with Gasteiger partial charge >= 0.3 is 0 Å². The minimum atomic E-state index is 0.326. The van der Waals surface area contributed by atoms with Crippen molar-refractivity contribution in [3.8, 4) is 0 Å². The van der Waals surface area contributed by atoms with Crippen molar-refractivity contribution in [1.82, 2.24) is 0 Å². The van der Waals surface area contributed by atoms with Gasteiger partial charge in [0, 0.05) is 6.04 Å². The molecule has 0 aromatic carbocycles. The third kappa shape index (κ3) is 1.65. The van der Waals surface area contributed by atoms with Gasteiger partial charge < -0.3 is 5.73 Å². The number of hydrogen-bond donors (Lipinski definition) is 1. The molecule has 4 aliphatic carbocycles. The zero-order chi connectivity index (χ0) is 14.0. The number of rotatable bonds is 0. The van der Waals surface area contributed by atoms with Crippen LogP contribution in [0.5, 0.6) is 0 Å². The zero-order valence-corrected chi connectivity index (χ0v) is 13.2. The molecule has 1 nitrogen and oxygen atoms in total. The first-order valence-corrected chi connectivity index (χ1v) is 8.72. The Bertz CT molecular complexity index is 500. The quantitative estimate of drug-likeness (QED) is 0.633. The molecule has 2 fully saturated rings. The van der Waals surface area contributed by atoms with Crippen molar-refractivity contribution in [3.05, 3.63) is 22.8 Å². The van der Waals surface area contributed by atoms with Crippen molar-refractivity contribution in [2.45, 2.75) is 77.7 Å². The summed E-state index contributed by atoms with van der Waals surface area (Å²) in [5, 5.41) is 0. The molecule has 0 heterocycles. The second-order valence-electron chi connectivity index (χ2n) is 8.32. The van der Waals surface area contributed by atoms with Crippen LogP contribution < -0.4 is 5.73 Å². The standard InChI is InChI=1S/C19H29N/c1-18-9-3-4-16(18)15-6-5-13-12-14(20)7-11-19(13,2)17(15)8-10-18/h12,14,17H,3-11,20H2,1-2H3/t14?,17-,18-,19-/m0/s1.